The Morgan fingerprint density at radius 3 is 2.46 bits per heavy atom. The van der Waals surface area contributed by atoms with Crippen LogP contribution in [0.4, 0.5) is 4.79 Å². The Labute approximate surface area is 144 Å². The van der Waals surface area contributed by atoms with E-state index in [1.807, 2.05) is 54.6 Å². The van der Waals surface area contributed by atoms with Crippen LogP contribution < -0.4 is 10.5 Å². The molecule has 1 heterocycles. The van der Waals surface area contributed by atoms with Crippen LogP contribution in [0.1, 0.15) is 18.4 Å². The molecule has 124 valence electrons. The number of hydrogen-bond acceptors (Lipinski definition) is 4. The van der Waals surface area contributed by atoms with E-state index < -0.39 is 5.24 Å². The van der Waals surface area contributed by atoms with Crippen LogP contribution in [0.15, 0.2) is 54.6 Å². The molecule has 6 heteroatoms. The summed E-state index contributed by atoms with van der Waals surface area (Å²) in [5, 5.41) is -0.624. The largest absolute Gasteiger partial charge is 0.457 e. The molecule has 0 spiro atoms. The van der Waals surface area contributed by atoms with Crippen molar-refractivity contribution in [1.82, 2.24) is 4.90 Å². The summed E-state index contributed by atoms with van der Waals surface area (Å²) in [6, 6.07) is 17.1. The summed E-state index contributed by atoms with van der Waals surface area (Å²) in [7, 11) is 0. The summed E-state index contributed by atoms with van der Waals surface area (Å²) in [5.74, 6) is 1.57. The number of likely N-dealkylation sites (tertiary alicyclic amines) is 1. The molecule has 2 N–H and O–H groups in total. The van der Waals surface area contributed by atoms with Gasteiger partial charge < -0.3 is 15.4 Å². The van der Waals surface area contributed by atoms with Crippen LogP contribution in [0.2, 0.25) is 0 Å². The van der Waals surface area contributed by atoms with Crippen LogP contribution in [0.5, 0.6) is 11.5 Å². The number of hydrogen-bond donors (Lipinski definition) is 1. The average molecular weight is 342 g/mol. The Morgan fingerprint density at radius 2 is 1.79 bits per heavy atom. The van der Waals surface area contributed by atoms with E-state index in [0.29, 0.717) is 19.4 Å². The minimum absolute atomic E-state index is 0.0540. The second kappa shape index (κ2) is 7.40. The number of para-hydroxylation sites is 1. The third-order valence-electron chi connectivity index (χ3n) is 3.78. The number of amides is 2. The standard InChI is InChI=1S/C18H18N2O3S/c19-18(22)24-17-11-10-16(21)20(17)12-13-6-8-15(9-7-13)23-14-4-2-1-3-5-14/h1-9,17H,10-12H2,(H2,19,22). The summed E-state index contributed by atoms with van der Waals surface area (Å²) in [6.45, 7) is 0.468. The van der Waals surface area contributed by atoms with Gasteiger partial charge in [0.2, 0.25) is 5.91 Å². The van der Waals surface area contributed by atoms with Crippen LogP contribution >= 0.6 is 11.8 Å². The lowest BCUT2D eigenvalue weighted by atomic mass is 10.2. The molecule has 0 radical (unpaired) electrons. The molecule has 2 amide bonds. The van der Waals surface area contributed by atoms with Gasteiger partial charge in [0.05, 0.1) is 5.37 Å². The highest BCUT2D eigenvalue weighted by molar-refractivity contribution is 8.14. The summed E-state index contributed by atoms with van der Waals surface area (Å²) in [5.41, 5.74) is 6.22. The summed E-state index contributed by atoms with van der Waals surface area (Å²) in [6.07, 6.45) is 1.11. The number of ether oxygens (including phenoxy) is 1. The molecular formula is C18H18N2O3S. The Balaban J connectivity index is 1.65. The van der Waals surface area contributed by atoms with Crippen molar-refractivity contribution in [3.05, 3.63) is 60.2 Å². The fourth-order valence-electron chi connectivity index (χ4n) is 2.64. The monoisotopic (exact) mass is 342 g/mol. The molecule has 1 unspecified atom stereocenters. The first kappa shape index (κ1) is 16.4. The highest BCUT2D eigenvalue weighted by Gasteiger charge is 2.32. The van der Waals surface area contributed by atoms with Crippen LogP contribution in [-0.2, 0) is 11.3 Å². The van der Waals surface area contributed by atoms with Gasteiger partial charge in [-0.05, 0) is 48.0 Å². The zero-order valence-electron chi connectivity index (χ0n) is 13.1. The molecule has 0 aliphatic carbocycles. The Kier molecular flexibility index (Phi) is 5.05. The molecule has 1 aliphatic rings. The van der Waals surface area contributed by atoms with Crippen molar-refractivity contribution in [3.8, 4) is 11.5 Å². The minimum atomic E-state index is -0.452. The van der Waals surface area contributed by atoms with Crippen LogP contribution in [0.3, 0.4) is 0 Å². The van der Waals surface area contributed by atoms with Gasteiger partial charge in [-0.15, -0.1) is 0 Å². The Bertz CT molecular complexity index is 719. The zero-order chi connectivity index (χ0) is 16.9. The van der Waals surface area contributed by atoms with Crippen LogP contribution in [0, 0.1) is 0 Å². The first-order chi connectivity index (χ1) is 11.6. The molecule has 1 atom stereocenters. The lowest BCUT2D eigenvalue weighted by Gasteiger charge is -2.23. The van der Waals surface area contributed by atoms with E-state index in [-0.39, 0.29) is 11.3 Å². The molecule has 2 aromatic carbocycles. The van der Waals surface area contributed by atoms with Crippen LogP contribution in [0.25, 0.3) is 0 Å². The fraction of sp³-hybridized carbons (Fsp3) is 0.222. The van der Waals surface area contributed by atoms with E-state index in [9.17, 15) is 9.59 Å². The molecule has 24 heavy (non-hydrogen) atoms. The van der Waals surface area contributed by atoms with Crippen molar-refractivity contribution in [2.45, 2.75) is 24.8 Å². The van der Waals surface area contributed by atoms with Gasteiger partial charge in [-0.3, -0.25) is 9.59 Å². The highest BCUT2D eigenvalue weighted by Crippen LogP contribution is 2.30. The lowest BCUT2D eigenvalue weighted by Crippen LogP contribution is -2.31. The molecule has 0 bridgehead atoms. The lowest BCUT2D eigenvalue weighted by molar-refractivity contribution is -0.128. The second-order valence-electron chi connectivity index (χ2n) is 5.51. The summed E-state index contributed by atoms with van der Waals surface area (Å²) in [4.78, 5) is 24.8. The number of carbonyl (C=O) groups excluding carboxylic acids is 2. The molecule has 1 aliphatic heterocycles. The van der Waals surface area contributed by atoms with Crippen molar-refractivity contribution in [1.29, 1.82) is 0 Å². The molecule has 3 rings (SSSR count). The number of nitrogens with zero attached hydrogens (tertiary/aromatic N) is 1. The van der Waals surface area contributed by atoms with Gasteiger partial charge in [0.1, 0.15) is 11.5 Å². The molecule has 1 fully saturated rings. The van der Waals surface area contributed by atoms with Gasteiger partial charge in [0, 0.05) is 13.0 Å². The molecular weight excluding hydrogens is 324 g/mol. The third-order valence-corrected chi connectivity index (χ3v) is 4.78. The Hall–Kier alpha value is -2.47. The molecule has 0 saturated carbocycles. The maximum Gasteiger partial charge on any atom is 0.278 e. The van der Waals surface area contributed by atoms with Crippen molar-refractivity contribution < 1.29 is 14.3 Å². The van der Waals surface area contributed by atoms with Crippen molar-refractivity contribution >= 4 is 22.9 Å². The Morgan fingerprint density at radius 1 is 1.12 bits per heavy atom. The minimum Gasteiger partial charge on any atom is -0.457 e. The molecule has 2 aromatic rings. The molecule has 1 saturated heterocycles. The van der Waals surface area contributed by atoms with Gasteiger partial charge in [-0.1, -0.05) is 30.3 Å². The predicted octanol–water partition coefficient (Wildman–Crippen LogP) is 3.74. The van der Waals surface area contributed by atoms with E-state index >= 15 is 0 Å². The maximum atomic E-state index is 12.0. The highest BCUT2D eigenvalue weighted by atomic mass is 32.2. The smallest absolute Gasteiger partial charge is 0.278 e. The zero-order valence-corrected chi connectivity index (χ0v) is 13.9. The van der Waals surface area contributed by atoms with E-state index in [0.717, 1.165) is 28.8 Å². The number of rotatable bonds is 5. The predicted molar refractivity (Wildman–Crippen MR) is 93.7 cm³/mol. The molecule has 0 aromatic heterocycles. The van der Waals surface area contributed by atoms with Crippen molar-refractivity contribution in [2.75, 3.05) is 0 Å². The van der Waals surface area contributed by atoms with Crippen LogP contribution in [-0.4, -0.2) is 21.4 Å². The number of nitrogens with two attached hydrogens (primary N) is 1. The fourth-order valence-corrected chi connectivity index (χ4v) is 3.46. The number of benzene rings is 2. The van der Waals surface area contributed by atoms with Gasteiger partial charge in [-0.2, -0.15) is 0 Å². The van der Waals surface area contributed by atoms with Gasteiger partial charge in [0.15, 0.2) is 0 Å². The van der Waals surface area contributed by atoms with Crippen molar-refractivity contribution in [2.24, 2.45) is 5.73 Å². The summed E-state index contributed by atoms with van der Waals surface area (Å²) >= 11 is 1.02. The number of primary amides is 1. The van der Waals surface area contributed by atoms with Gasteiger partial charge in [0.25, 0.3) is 5.24 Å². The first-order valence-corrected chi connectivity index (χ1v) is 8.57. The molecule has 5 nitrogen and oxygen atoms in total. The van der Waals surface area contributed by atoms with E-state index in [1.165, 1.54) is 0 Å². The van der Waals surface area contributed by atoms with Gasteiger partial charge >= 0.3 is 0 Å². The average Bonchev–Trinajstić information content (AvgIpc) is 2.90. The van der Waals surface area contributed by atoms with E-state index in [4.69, 9.17) is 10.5 Å². The number of thioether (sulfide) groups is 1. The third kappa shape index (κ3) is 4.08. The normalized spacial score (nSPS) is 17.1. The van der Waals surface area contributed by atoms with E-state index in [1.54, 1.807) is 4.90 Å². The maximum absolute atomic E-state index is 12.0. The second-order valence-corrected chi connectivity index (χ2v) is 6.69. The first-order valence-electron chi connectivity index (χ1n) is 7.69. The SMILES string of the molecule is NC(=O)SC1CCC(=O)N1Cc1ccc(Oc2ccccc2)cc1. The topological polar surface area (TPSA) is 72.6 Å². The van der Waals surface area contributed by atoms with E-state index in [2.05, 4.69) is 0 Å². The van der Waals surface area contributed by atoms with Crippen molar-refractivity contribution in [3.63, 3.8) is 0 Å². The quantitative estimate of drug-likeness (QED) is 0.898. The number of carbonyl (C=O) groups is 2. The summed E-state index contributed by atoms with van der Waals surface area (Å²) < 4.78 is 5.75. The van der Waals surface area contributed by atoms with Gasteiger partial charge in [-0.25, -0.2) is 0 Å².